The van der Waals surface area contributed by atoms with Crippen LogP contribution in [0.25, 0.3) is 0 Å². The van der Waals surface area contributed by atoms with Gasteiger partial charge in [-0.1, -0.05) is 13.8 Å². The summed E-state index contributed by atoms with van der Waals surface area (Å²) >= 11 is 0. The van der Waals surface area contributed by atoms with Gasteiger partial charge in [-0.3, -0.25) is 9.00 Å². The number of ether oxygens (including phenoxy) is 1. The fourth-order valence-corrected chi connectivity index (χ4v) is 4.97. The molecule has 1 heterocycles. The molecule has 1 aliphatic rings. The second-order valence-corrected chi connectivity index (χ2v) is 8.22. The number of carboxylic acids is 1. The third kappa shape index (κ3) is 3.12. The topological polar surface area (TPSA) is 63.6 Å². The maximum absolute atomic E-state index is 12.6. The van der Waals surface area contributed by atoms with E-state index in [9.17, 15) is 14.1 Å². The average Bonchev–Trinajstić information content (AvgIpc) is 2.32. The first-order valence-corrected chi connectivity index (χ1v) is 7.58. The van der Waals surface area contributed by atoms with Crippen molar-refractivity contribution in [3.63, 3.8) is 0 Å². The monoisotopic (exact) mass is 276 g/mol. The van der Waals surface area contributed by atoms with E-state index in [1.165, 1.54) is 0 Å². The van der Waals surface area contributed by atoms with E-state index >= 15 is 0 Å². The van der Waals surface area contributed by atoms with E-state index in [4.69, 9.17) is 4.74 Å². The molecular weight excluding hydrogens is 252 g/mol. The van der Waals surface area contributed by atoms with Crippen LogP contribution in [0.1, 0.15) is 48.0 Å². The molecule has 0 amide bonds. The molecule has 1 aliphatic heterocycles. The predicted octanol–water partition coefficient (Wildman–Crippen LogP) is 2.19. The van der Waals surface area contributed by atoms with Crippen molar-refractivity contribution in [1.82, 2.24) is 0 Å². The molecule has 1 fully saturated rings. The zero-order valence-corrected chi connectivity index (χ0v) is 12.8. The molecule has 1 saturated heterocycles. The van der Waals surface area contributed by atoms with Gasteiger partial charge in [-0.25, -0.2) is 0 Å². The van der Waals surface area contributed by atoms with Gasteiger partial charge in [0.2, 0.25) is 0 Å². The van der Waals surface area contributed by atoms with E-state index in [2.05, 4.69) is 0 Å². The van der Waals surface area contributed by atoms with Gasteiger partial charge in [-0.2, -0.15) is 0 Å². The highest BCUT2D eigenvalue weighted by Gasteiger charge is 2.51. The normalized spacial score (nSPS) is 29.2. The molecule has 0 aliphatic carbocycles. The molecule has 1 N–H and O–H groups in total. The average molecular weight is 276 g/mol. The van der Waals surface area contributed by atoms with E-state index in [1.54, 1.807) is 13.8 Å². The van der Waals surface area contributed by atoms with E-state index in [0.29, 0.717) is 6.42 Å². The van der Waals surface area contributed by atoms with Crippen molar-refractivity contribution in [3.8, 4) is 0 Å². The van der Waals surface area contributed by atoms with Crippen molar-refractivity contribution in [3.05, 3.63) is 0 Å². The van der Waals surface area contributed by atoms with Crippen LogP contribution in [0.15, 0.2) is 0 Å². The van der Waals surface area contributed by atoms with Gasteiger partial charge in [-0.05, 0) is 40.0 Å². The smallest absolute Gasteiger partial charge is 0.319 e. The van der Waals surface area contributed by atoms with Gasteiger partial charge in [0, 0.05) is 10.8 Å². The highest BCUT2D eigenvalue weighted by molar-refractivity contribution is 7.87. The van der Waals surface area contributed by atoms with E-state index in [0.717, 1.165) is 0 Å². The lowest BCUT2D eigenvalue weighted by Gasteiger charge is -2.29. The first-order chi connectivity index (χ1) is 7.98. The van der Waals surface area contributed by atoms with Crippen LogP contribution in [-0.2, 0) is 20.3 Å². The summed E-state index contributed by atoms with van der Waals surface area (Å²) in [5.41, 5.74) is -0.888. The van der Waals surface area contributed by atoms with Gasteiger partial charge in [0.25, 0.3) is 0 Å². The Kier molecular flexibility index (Phi) is 4.28. The molecule has 0 saturated carbocycles. The molecule has 0 bridgehead atoms. The van der Waals surface area contributed by atoms with Crippen LogP contribution in [0.3, 0.4) is 0 Å². The van der Waals surface area contributed by atoms with Gasteiger partial charge in [0.1, 0.15) is 5.25 Å². The van der Waals surface area contributed by atoms with Crippen molar-refractivity contribution in [1.29, 1.82) is 0 Å². The number of carboxylic acid groups (broad SMARTS) is 1. The third-order valence-corrected chi connectivity index (χ3v) is 5.91. The van der Waals surface area contributed by atoms with Crippen molar-refractivity contribution in [2.45, 2.75) is 69.7 Å². The summed E-state index contributed by atoms with van der Waals surface area (Å²) in [6.45, 7) is 11.3. The lowest BCUT2D eigenvalue weighted by molar-refractivity contribution is -0.137. The molecule has 18 heavy (non-hydrogen) atoms. The summed E-state index contributed by atoms with van der Waals surface area (Å²) in [5, 5.41) is 8.17. The maximum Gasteiger partial charge on any atom is 0.319 e. The minimum absolute atomic E-state index is 0.150. The minimum atomic E-state index is -1.43. The fourth-order valence-electron chi connectivity index (χ4n) is 2.70. The van der Waals surface area contributed by atoms with Gasteiger partial charge in [-0.15, -0.1) is 0 Å². The molecular formula is C13H24O4S. The summed E-state index contributed by atoms with van der Waals surface area (Å²) in [6, 6.07) is 0. The predicted molar refractivity (Wildman–Crippen MR) is 72.1 cm³/mol. The van der Waals surface area contributed by atoms with E-state index in [-0.39, 0.29) is 16.8 Å². The molecule has 0 aromatic carbocycles. The largest absolute Gasteiger partial charge is 0.480 e. The summed E-state index contributed by atoms with van der Waals surface area (Å²) in [5.74, 6) is -1.13. The van der Waals surface area contributed by atoms with Crippen molar-refractivity contribution in [2.75, 3.05) is 0 Å². The van der Waals surface area contributed by atoms with Crippen LogP contribution in [-0.4, -0.2) is 37.0 Å². The van der Waals surface area contributed by atoms with Crippen LogP contribution in [0.4, 0.5) is 0 Å². The minimum Gasteiger partial charge on any atom is -0.480 e. The number of carbonyl (C=O) groups is 1. The van der Waals surface area contributed by atoms with Gasteiger partial charge in [0.15, 0.2) is 0 Å². The Morgan fingerprint density at radius 2 is 1.83 bits per heavy atom. The quantitative estimate of drug-likeness (QED) is 0.855. The number of hydrogen-bond acceptors (Lipinski definition) is 3. The summed E-state index contributed by atoms with van der Waals surface area (Å²) in [6.07, 6.45) is 0.628. The standard InChI is InChI=1S/C13H24O4S/c1-8(2)10(11(14)15)18(16)9-7-12(3,4)17-13(9,5)6/h8-10H,7H2,1-6H3,(H,14,15). The van der Waals surface area contributed by atoms with Crippen molar-refractivity contribution in [2.24, 2.45) is 5.92 Å². The maximum atomic E-state index is 12.6. The van der Waals surface area contributed by atoms with Gasteiger partial charge >= 0.3 is 5.97 Å². The number of hydrogen-bond donors (Lipinski definition) is 1. The van der Waals surface area contributed by atoms with E-state index < -0.39 is 27.6 Å². The second kappa shape index (κ2) is 4.93. The number of rotatable bonds is 4. The number of aliphatic carboxylic acids is 1. The summed E-state index contributed by atoms with van der Waals surface area (Å²) < 4.78 is 18.5. The fraction of sp³-hybridized carbons (Fsp3) is 0.923. The first kappa shape index (κ1) is 15.6. The molecule has 106 valence electrons. The molecule has 5 heteroatoms. The Morgan fingerprint density at radius 3 is 2.11 bits per heavy atom. The van der Waals surface area contributed by atoms with Gasteiger partial charge in [0.05, 0.1) is 16.5 Å². The van der Waals surface area contributed by atoms with Crippen molar-refractivity contribution < 1.29 is 18.8 Å². The molecule has 0 spiro atoms. The summed E-state index contributed by atoms with van der Waals surface area (Å²) in [7, 11) is -1.43. The lowest BCUT2D eigenvalue weighted by Crippen LogP contribution is -2.43. The van der Waals surface area contributed by atoms with Crippen LogP contribution in [0.2, 0.25) is 0 Å². The molecule has 0 radical (unpaired) electrons. The third-order valence-electron chi connectivity index (χ3n) is 3.37. The van der Waals surface area contributed by atoms with Crippen LogP contribution in [0.5, 0.6) is 0 Å². The van der Waals surface area contributed by atoms with Crippen LogP contribution >= 0.6 is 0 Å². The SMILES string of the molecule is CC(C)C(C(=O)O)S(=O)C1CC(C)(C)OC1(C)C. The second-order valence-electron chi connectivity index (χ2n) is 6.49. The molecule has 0 aromatic rings. The zero-order chi connectivity index (χ0) is 14.3. The molecule has 0 aromatic heterocycles. The highest BCUT2D eigenvalue weighted by atomic mass is 32.2. The highest BCUT2D eigenvalue weighted by Crippen LogP contribution is 2.41. The lowest BCUT2D eigenvalue weighted by atomic mass is 10.0. The molecule has 3 atom stereocenters. The zero-order valence-electron chi connectivity index (χ0n) is 12.0. The van der Waals surface area contributed by atoms with Gasteiger partial charge < -0.3 is 9.84 Å². The molecule has 4 nitrogen and oxygen atoms in total. The van der Waals surface area contributed by atoms with Crippen LogP contribution < -0.4 is 0 Å². The Hall–Kier alpha value is -0.420. The first-order valence-electron chi connectivity index (χ1n) is 6.30. The van der Waals surface area contributed by atoms with Crippen LogP contribution in [0, 0.1) is 5.92 Å². The Morgan fingerprint density at radius 1 is 1.33 bits per heavy atom. The van der Waals surface area contributed by atoms with Crippen molar-refractivity contribution >= 4 is 16.8 Å². The Bertz CT molecular complexity index is 360. The Labute approximate surface area is 112 Å². The molecule has 1 rings (SSSR count). The molecule has 3 unspecified atom stereocenters. The Balaban J connectivity index is 3.00. The van der Waals surface area contributed by atoms with E-state index in [1.807, 2.05) is 27.7 Å². The summed E-state index contributed by atoms with van der Waals surface area (Å²) in [4.78, 5) is 11.3.